The molecule has 0 bridgehead atoms. The Labute approximate surface area is 102 Å². The standard InChI is InChI=1S/C9H5BrN2S.C2H6/c10-6-1-2-8-7(5-6)12-9(13-8)3-4-11;1-2/h1-2,5H,3H2;1-2H3. The van der Waals surface area contributed by atoms with E-state index in [9.17, 15) is 0 Å². The Morgan fingerprint density at radius 3 is 2.87 bits per heavy atom. The van der Waals surface area contributed by atoms with E-state index >= 15 is 0 Å². The smallest absolute Gasteiger partial charge is 0.108 e. The van der Waals surface area contributed by atoms with E-state index in [0.29, 0.717) is 6.42 Å². The third kappa shape index (κ3) is 3.01. The summed E-state index contributed by atoms with van der Waals surface area (Å²) < 4.78 is 2.15. The maximum absolute atomic E-state index is 8.51. The Kier molecular flexibility index (Phi) is 4.73. The molecule has 1 heterocycles. The van der Waals surface area contributed by atoms with E-state index in [-0.39, 0.29) is 0 Å². The molecule has 0 aliphatic heterocycles. The van der Waals surface area contributed by atoms with Gasteiger partial charge < -0.3 is 0 Å². The van der Waals surface area contributed by atoms with Crippen LogP contribution in [0.15, 0.2) is 22.7 Å². The molecule has 15 heavy (non-hydrogen) atoms. The third-order valence-corrected chi connectivity index (χ3v) is 3.15. The van der Waals surface area contributed by atoms with Crippen LogP contribution in [0.25, 0.3) is 10.2 Å². The molecule has 0 amide bonds. The highest BCUT2D eigenvalue weighted by atomic mass is 79.9. The summed E-state index contributed by atoms with van der Waals surface area (Å²) in [5.41, 5.74) is 0.963. The number of halogens is 1. The summed E-state index contributed by atoms with van der Waals surface area (Å²) >= 11 is 4.96. The molecule has 0 atom stereocenters. The lowest BCUT2D eigenvalue weighted by molar-refractivity contribution is 1.21. The molecule has 1 aromatic heterocycles. The van der Waals surface area contributed by atoms with Gasteiger partial charge in [-0.2, -0.15) is 5.26 Å². The van der Waals surface area contributed by atoms with E-state index in [4.69, 9.17) is 5.26 Å². The molecule has 0 saturated carbocycles. The van der Waals surface area contributed by atoms with Crippen LogP contribution >= 0.6 is 27.3 Å². The van der Waals surface area contributed by atoms with Gasteiger partial charge in [-0.1, -0.05) is 29.8 Å². The number of benzene rings is 1. The van der Waals surface area contributed by atoms with Crippen molar-refractivity contribution < 1.29 is 0 Å². The minimum atomic E-state index is 0.400. The highest BCUT2D eigenvalue weighted by Gasteiger charge is 2.02. The summed E-state index contributed by atoms with van der Waals surface area (Å²) in [6.45, 7) is 4.00. The van der Waals surface area contributed by atoms with Crippen molar-refractivity contribution in [2.24, 2.45) is 0 Å². The number of fused-ring (bicyclic) bond motifs is 1. The molecular weight excluding hydrogens is 272 g/mol. The molecule has 2 rings (SSSR count). The summed E-state index contributed by atoms with van der Waals surface area (Å²) in [7, 11) is 0. The Morgan fingerprint density at radius 2 is 2.20 bits per heavy atom. The van der Waals surface area contributed by atoms with Crippen LogP contribution in [0.1, 0.15) is 18.9 Å². The number of thiazole rings is 1. The Morgan fingerprint density at radius 1 is 1.47 bits per heavy atom. The maximum Gasteiger partial charge on any atom is 0.108 e. The van der Waals surface area contributed by atoms with E-state index in [1.807, 2.05) is 32.0 Å². The van der Waals surface area contributed by atoms with Gasteiger partial charge in [0.05, 0.1) is 22.7 Å². The second-order valence-corrected chi connectivity index (χ2v) is 4.59. The van der Waals surface area contributed by atoms with E-state index in [1.165, 1.54) is 0 Å². The van der Waals surface area contributed by atoms with Crippen molar-refractivity contribution in [3.8, 4) is 6.07 Å². The molecule has 1 aromatic carbocycles. The van der Waals surface area contributed by atoms with Gasteiger partial charge in [-0.3, -0.25) is 0 Å². The first-order valence-electron chi connectivity index (χ1n) is 4.71. The predicted octanol–water partition coefficient (Wildman–Crippen LogP) is 4.15. The van der Waals surface area contributed by atoms with Crippen molar-refractivity contribution in [3.05, 3.63) is 27.7 Å². The number of nitrogens with zero attached hydrogens (tertiary/aromatic N) is 2. The van der Waals surface area contributed by atoms with Crippen molar-refractivity contribution in [2.45, 2.75) is 20.3 Å². The summed E-state index contributed by atoms with van der Waals surface area (Å²) in [5, 5.41) is 9.39. The van der Waals surface area contributed by atoms with Crippen molar-refractivity contribution in [1.29, 1.82) is 5.26 Å². The molecule has 2 nitrogen and oxygen atoms in total. The molecule has 4 heteroatoms. The fourth-order valence-electron chi connectivity index (χ4n) is 1.09. The van der Waals surface area contributed by atoms with Crippen LogP contribution in [0.5, 0.6) is 0 Å². The fraction of sp³-hybridized carbons (Fsp3) is 0.273. The van der Waals surface area contributed by atoms with Crippen molar-refractivity contribution in [1.82, 2.24) is 4.98 Å². The topological polar surface area (TPSA) is 36.7 Å². The monoisotopic (exact) mass is 282 g/mol. The van der Waals surface area contributed by atoms with Crippen LogP contribution in [-0.2, 0) is 6.42 Å². The number of aromatic nitrogens is 1. The first-order valence-corrected chi connectivity index (χ1v) is 6.32. The van der Waals surface area contributed by atoms with Gasteiger partial charge in [-0.15, -0.1) is 11.3 Å². The quantitative estimate of drug-likeness (QED) is 0.788. The van der Waals surface area contributed by atoms with Gasteiger partial charge in [-0.25, -0.2) is 4.98 Å². The molecule has 0 fully saturated rings. The largest absolute Gasteiger partial charge is 0.240 e. The van der Waals surface area contributed by atoms with Crippen LogP contribution in [0, 0.1) is 11.3 Å². The van der Waals surface area contributed by atoms with Crippen LogP contribution < -0.4 is 0 Å². The van der Waals surface area contributed by atoms with Gasteiger partial charge in [0.25, 0.3) is 0 Å². The SMILES string of the molecule is CC.N#CCc1nc2cc(Br)ccc2s1. The third-order valence-electron chi connectivity index (χ3n) is 1.62. The normalized spacial score (nSPS) is 9.20. The molecule has 2 aromatic rings. The highest BCUT2D eigenvalue weighted by molar-refractivity contribution is 9.10. The number of nitriles is 1. The average Bonchev–Trinajstić information content (AvgIpc) is 2.63. The molecule has 0 spiro atoms. The van der Waals surface area contributed by atoms with E-state index in [1.54, 1.807) is 11.3 Å². The first kappa shape index (κ1) is 12.2. The molecule has 0 aliphatic rings. The number of hydrogen-bond donors (Lipinski definition) is 0. The Bertz CT molecular complexity index is 485. The van der Waals surface area contributed by atoms with Crippen LogP contribution in [0.2, 0.25) is 0 Å². The summed E-state index contributed by atoms with van der Waals surface area (Å²) in [5.74, 6) is 0. The van der Waals surface area contributed by atoms with Gasteiger partial charge in [0, 0.05) is 4.47 Å². The fourth-order valence-corrected chi connectivity index (χ4v) is 2.32. The van der Waals surface area contributed by atoms with Crippen LogP contribution in [0.4, 0.5) is 0 Å². The molecular formula is C11H11BrN2S. The Hall–Kier alpha value is -0.920. The van der Waals surface area contributed by atoms with Crippen molar-refractivity contribution >= 4 is 37.5 Å². The highest BCUT2D eigenvalue weighted by Crippen LogP contribution is 2.25. The maximum atomic E-state index is 8.51. The lowest BCUT2D eigenvalue weighted by Gasteiger charge is -1.87. The Balaban J connectivity index is 0.000000531. The molecule has 0 radical (unpaired) electrons. The average molecular weight is 283 g/mol. The summed E-state index contributed by atoms with van der Waals surface area (Å²) in [6.07, 6.45) is 0.400. The summed E-state index contributed by atoms with van der Waals surface area (Å²) in [4.78, 5) is 4.33. The first-order chi connectivity index (χ1) is 7.29. The van der Waals surface area contributed by atoms with Gasteiger partial charge >= 0.3 is 0 Å². The minimum absolute atomic E-state index is 0.400. The zero-order valence-electron chi connectivity index (χ0n) is 8.62. The van der Waals surface area contributed by atoms with Gasteiger partial charge in [0.2, 0.25) is 0 Å². The number of hydrogen-bond acceptors (Lipinski definition) is 3. The lowest BCUT2D eigenvalue weighted by atomic mass is 10.3. The zero-order chi connectivity index (χ0) is 11.3. The molecule has 0 saturated heterocycles. The van der Waals surface area contributed by atoms with Crippen molar-refractivity contribution in [3.63, 3.8) is 0 Å². The van der Waals surface area contributed by atoms with Crippen LogP contribution in [0.3, 0.4) is 0 Å². The van der Waals surface area contributed by atoms with Gasteiger partial charge in [-0.05, 0) is 18.2 Å². The zero-order valence-corrected chi connectivity index (χ0v) is 11.0. The predicted molar refractivity (Wildman–Crippen MR) is 68.0 cm³/mol. The second kappa shape index (κ2) is 5.84. The molecule has 0 aliphatic carbocycles. The molecule has 0 unspecified atom stereocenters. The lowest BCUT2D eigenvalue weighted by Crippen LogP contribution is -1.76. The minimum Gasteiger partial charge on any atom is -0.240 e. The van der Waals surface area contributed by atoms with E-state index in [0.717, 1.165) is 19.7 Å². The van der Waals surface area contributed by atoms with Gasteiger partial charge in [0.15, 0.2) is 0 Å². The van der Waals surface area contributed by atoms with Crippen LogP contribution in [-0.4, -0.2) is 4.98 Å². The van der Waals surface area contributed by atoms with Crippen molar-refractivity contribution in [2.75, 3.05) is 0 Å². The van der Waals surface area contributed by atoms with E-state index < -0.39 is 0 Å². The summed E-state index contributed by atoms with van der Waals surface area (Å²) in [6, 6.07) is 8.06. The van der Waals surface area contributed by atoms with E-state index in [2.05, 4.69) is 27.0 Å². The number of rotatable bonds is 1. The molecule has 78 valence electrons. The molecule has 0 N–H and O–H groups in total. The second-order valence-electron chi connectivity index (χ2n) is 2.55. The van der Waals surface area contributed by atoms with Gasteiger partial charge in [0.1, 0.15) is 5.01 Å².